The van der Waals surface area contributed by atoms with E-state index in [1.165, 1.54) is 4.90 Å². The van der Waals surface area contributed by atoms with Gasteiger partial charge in [-0.15, -0.1) is 0 Å². The van der Waals surface area contributed by atoms with Gasteiger partial charge in [-0.1, -0.05) is 26.0 Å². The van der Waals surface area contributed by atoms with Gasteiger partial charge in [0.25, 0.3) is 5.91 Å². The van der Waals surface area contributed by atoms with Gasteiger partial charge in [0.1, 0.15) is 40.8 Å². The van der Waals surface area contributed by atoms with Crippen molar-refractivity contribution in [3.8, 4) is 28.8 Å². The molecule has 0 unspecified atom stereocenters. The summed E-state index contributed by atoms with van der Waals surface area (Å²) in [5, 5.41) is 5.65. The minimum atomic E-state index is -3.94. The summed E-state index contributed by atoms with van der Waals surface area (Å²) in [7, 11) is -2.38. The van der Waals surface area contributed by atoms with Crippen molar-refractivity contribution in [3.05, 3.63) is 54.6 Å². The number of fused-ring (bicyclic) bond motifs is 3. The van der Waals surface area contributed by atoms with Crippen molar-refractivity contribution in [3.63, 3.8) is 0 Å². The van der Waals surface area contributed by atoms with E-state index in [0.717, 1.165) is 6.42 Å². The molecule has 4 amide bonds. The van der Waals surface area contributed by atoms with Crippen LogP contribution in [0.3, 0.4) is 0 Å². The Balaban J connectivity index is 1.25. The molecule has 2 aliphatic carbocycles. The third-order valence-electron chi connectivity index (χ3n) is 11.9. The molecule has 1 aromatic heterocycles. The van der Waals surface area contributed by atoms with Crippen molar-refractivity contribution in [2.24, 2.45) is 17.8 Å². The minimum Gasteiger partial charge on any atom is -0.497 e. The van der Waals surface area contributed by atoms with E-state index in [-0.39, 0.29) is 43.2 Å². The monoisotopic (exact) mass is 888 g/mol. The number of carbonyl (C=O) groups excluding carboxylic acids is 4. The summed E-state index contributed by atoms with van der Waals surface area (Å²) in [6.45, 7) is 13.0. The standard InChI is InChI=1S/C46H60N6O10S/c1-26(2)60-31-15-13-29(14-16-31)39-47-36-22-32(59-8)17-20-35(36)41(49-39)61-33-23-37-40(53)50-46(43(55)51-63(57,58)34-18-19-34)24-30(46)12-10-9-11-27(3)21-28(4)38(42(54)52(37)25-33)48-44(56)62-45(5,6)7/h10,12-17,20,22,26-28,30,33-34,37-38H,9,11,18-19,21,23-25H2,1-8H3,(H,48,56)(H,50,53)(H,51,55)/b12-10-/t27-,28-,30-,33-,37+,38+,46-/m1/s1. The third kappa shape index (κ3) is 10.7. The summed E-state index contributed by atoms with van der Waals surface area (Å²) in [5.74, 6) is -0.891. The van der Waals surface area contributed by atoms with Crippen LogP contribution in [-0.2, 0) is 29.1 Å². The summed E-state index contributed by atoms with van der Waals surface area (Å²) >= 11 is 0. The summed E-state index contributed by atoms with van der Waals surface area (Å²) < 4.78 is 51.9. The van der Waals surface area contributed by atoms with E-state index >= 15 is 4.79 Å². The second-order valence-electron chi connectivity index (χ2n) is 18.8. The molecule has 2 saturated carbocycles. The molecule has 2 aliphatic heterocycles. The van der Waals surface area contributed by atoms with Crippen LogP contribution in [0.1, 0.15) is 93.4 Å². The van der Waals surface area contributed by atoms with Crippen molar-refractivity contribution in [1.29, 1.82) is 0 Å². The van der Waals surface area contributed by atoms with Crippen molar-refractivity contribution in [2.75, 3.05) is 13.7 Å². The molecule has 3 heterocycles. The molecule has 3 aromatic rings. The second-order valence-corrected chi connectivity index (χ2v) is 20.8. The molecule has 3 fully saturated rings. The summed E-state index contributed by atoms with van der Waals surface area (Å²) in [6.07, 6.45) is 5.29. The van der Waals surface area contributed by atoms with Gasteiger partial charge in [0.05, 0.1) is 35.9 Å². The highest BCUT2D eigenvalue weighted by Crippen LogP contribution is 2.46. The highest BCUT2D eigenvalue weighted by Gasteiger charge is 2.62. The van der Waals surface area contributed by atoms with Gasteiger partial charge in [0.2, 0.25) is 27.7 Å². The number of ether oxygens (including phenoxy) is 4. The van der Waals surface area contributed by atoms with Crippen LogP contribution in [0.4, 0.5) is 4.79 Å². The molecule has 7 atom stereocenters. The van der Waals surface area contributed by atoms with Gasteiger partial charge < -0.3 is 34.5 Å². The molecule has 17 heteroatoms. The Bertz CT molecular complexity index is 2360. The van der Waals surface area contributed by atoms with Crippen molar-refractivity contribution in [1.82, 2.24) is 30.2 Å². The molecule has 4 aliphatic rings. The predicted octanol–water partition coefficient (Wildman–Crippen LogP) is 5.83. The molecule has 16 nitrogen and oxygen atoms in total. The van der Waals surface area contributed by atoms with E-state index in [1.807, 2.05) is 57.2 Å². The summed E-state index contributed by atoms with van der Waals surface area (Å²) in [5.41, 5.74) is -1.18. The smallest absolute Gasteiger partial charge is 0.408 e. The fourth-order valence-corrected chi connectivity index (χ4v) is 9.83. The van der Waals surface area contributed by atoms with Crippen LogP contribution >= 0.6 is 0 Å². The van der Waals surface area contributed by atoms with Gasteiger partial charge in [0.15, 0.2) is 5.82 Å². The largest absolute Gasteiger partial charge is 0.497 e. The minimum absolute atomic E-state index is 0.0151. The van der Waals surface area contributed by atoms with Crippen LogP contribution in [0.25, 0.3) is 22.3 Å². The average molecular weight is 889 g/mol. The number of nitrogens with zero attached hydrogens (tertiary/aromatic N) is 3. The molecule has 0 bridgehead atoms. The molecule has 1 saturated heterocycles. The van der Waals surface area contributed by atoms with E-state index in [2.05, 4.69) is 22.3 Å². The first-order valence-electron chi connectivity index (χ1n) is 21.9. The summed E-state index contributed by atoms with van der Waals surface area (Å²) in [6, 6.07) is 10.4. The lowest BCUT2D eigenvalue weighted by atomic mass is 9.88. The number of hydrogen-bond acceptors (Lipinski definition) is 12. The maximum Gasteiger partial charge on any atom is 0.408 e. The molecular weight excluding hydrogens is 829 g/mol. The Morgan fingerprint density at radius 3 is 2.37 bits per heavy atom. The fraction of sp³-hybridized carbons (Fsp3) is 0.565. The van der Waals surface area contributed by atoms with E-state index in [0.29, 0.717) is 59.5 Å². The Labute approximate surface area is 369 Å². The number of carbonyl (C=O) groups is 4. The summed E-state index contributed by atoms with van der Waals surface area (Å²) in [4.78, 5) is 68.1. The Kier molecular flexibility index (Phi) is 13.0. The molecule has 7 rings (SSSR count). The zero-order valence-electron chi connectivity index (χ0n) is 37.3. The molecule has 340 valence electrons. The van der Waals surface area contributed by atoms with Gasteiger partial charge in [-0.25, -0.2) is 18.2 Å². The first-order chi connectivity index (χ1) is 29.7. The van der Waals surface area contributed by atoms with Crippen LogP contribution in [0, 0.1) is 17.8 Å². The molecule has 63 heavy (non-hydrogen) atoms. The SMILES string of the molecule is COc1ccc2c(O[C@@H]3C[C@H]4C(=O)N[C@]5(C(=O)NS(=O)(=O)C6CC6)C[C@H]5/C=C\CC[C@@H](C)C[C@@H](C)[C@H](NC(=O)OC(C)(C)C)C(=O)N4C3)nc(-c3ccc(OC(C)C)cc3)nc2c1. The van der Waals surface area contributed by atoms with Gasteiger partial charge >= 0.3 is 6.09 Å². The van der Waals surface area contributed by atoms with Gasteiger partial charge in [0, 0.05) is 24.0 Å². The molecule has 3 N–H and O–H groups in total. The Morgan fingerprint density at radius 2 is 1.70 bits per heavy atom. The number of benzene rings is 2. The molecule has 0 radical (unpaired) electrons. The highest BCUT2D eigenvalue weighted by molar-refractivity contribution is 7.91. The number of hydrogen-bond donors (Lipinski definition) is 3. The van der Waals surface area contributed by atoms with Gasteiger partial charge in [-0.05, 0) is 121 Å². The van der Waals surface area contributed by atoms with E-state index in [9.17, 15) is 22.8 Å². The van der Waals surface area contributed by atoms with Crippen LogP contribution in [-0.4, -0.2) is 101 Å². The predicted molar refractivity (Wildman–Crippen MR) is 235 cm³/mol. The molecule has 2 aromatic carbocycles. The maximum atomic E-state index is 15.0. The third-order valence-corrected chi connectivity index (χ3v) is 13.7. The van der Waals surface area contributed by atoms with E-state index in [4.69, 9.17) is 28.9 Å². The number of alkyl carbamates (subject to hydrolysis) is 1. The van der Waals surface area contributed by atoms with Gasteiger partial charge in [-0.2, -0.15) is 4.98 Å². The average Bonchev–Trinajstić information content (AvgIpc) is 4.14. The number of allylic oxidation sites excluding steroid dienone is 1. The maximum absolute atomic E-state index is 15.0. The van der Waals surface area contributed by atoms with Gasteiger partial charge in [-0.3, -0.25) is 19.1 Å². The fourth-order valence-electron chi connectivity index (χ4n) is 8.47. The lowest BCUT2D eigenvalue weighted by Crippen LogP contribution is -2.59. The Hall–Kier alpha value is -5.45. The first kappa shape index (κ1) is 45.6. The normalized spacial score (nSPS) is 27.2. The zero-order chi connectivity index (χ0) is 45.4. The molecule has 0 spiro atoms. The number of sulfonamides is 1. The van der Waals surface area contributed by atoms with Crippen LogP contribution in [0.15, 0.2) is 54.6 Å². The lowest BCUT2D eigenvalue weighted by Gasteiger charge is -2.33. The number of rotatable bonds is 10. The number of nitrogens with one attached hydrogen (secondary N) is 3. The van der Waals surface area contributed by atoms with Crippen LogP contribution in [0.5, 0.6) is 17.4 Å². The van der Waals surface area contributed by atoms with Crippen molar-refractivity contribution >= 4 is 44.7 Å². The lowest BCUT2D eigenvalue weighted by molar-refractivity contribution is -0.142. The highest BCUT2D eigenvalue weighted by atomic mass is 32.2. The number of aromatic nitrogens is 2. The van der Waals surface area contributed by atoms with Crippen LogP contribution in [0.2, 0.25) is 0 Å². The van der Waals surface area contributed by atoms with Crippen molar-refractivity contribution < 1.29 is 46.5 Å². The topological polar surface area (TPSA) is 204 Å². The quantitative estimate of drug-likeness (QED) is 0.206. The number of amides is 4. The van der Waals surface area contributed by atoms with Crippen LogP contribution < -0.4 is 29.6 Å². The van der Waals surface area contributed by atoms with E-state index in [1.54, 1.807) is 46.1 Å². The van der Waals surface area contributed by atoms with Crippen molar-refractivity contribution in [2.45, 2.75) is 134 Å². The molecular formula is C46H60N6O10S. The first-order valence-corrected chi connectivity index (χ1v) is 23.4. The van der Waals surface area contributed by atoms with E-state index < -0.39 is 74.3 Å². The second kappa shape index (κ2) is 18.0. The zero-order valence-corrected chi connectivity index (χ0v) is 38.1. The Morgan fingerprint density at radius 1 is 0.984 bits per heavy atom. The number of methoxy groups -OCH3 is 1.